The van der Waals surface area contributed by atoms with Crippen molar-refractivity contribution in [2.24, 2.45) is 11.3 Å². The van der Waals surface area contributed by atoms with Crippen LogP contribution in [0.1, 0.15) is 56.9 Å². The molecule has 2 fully saturated rings. The molecule has 0 spiro atoms. The fraction of sp³-hybridized carbons (Fsp3) is 0.789. The third-order valence-corrected chi connectivity index (χ3v) is 5.49. The molecule has 0 bridgehead atoms. The van der Waals surface area contributed by atoms with Gasteiger partial charge in [-0.3, -0.25) is 4.79 Å². The Hall–Kier alpha value is -1.40. The summed E-state index contributed by atoms with van der Waals surface area (Å²) in [7, 11) is 0. The number of carbonyl (C=O) groups is 1. The van der Waals surface area contributed by atoms with Crippen LogP contribution in [0.5, 0.6) is 0 Å². The highest BCUT2D eigenvalue weighted by atomic mass is 16.5. The summed E-state index contributed by atoms with van der Waals surface area (Å²) in [5.74, 6) is 1.91. The Balaban J connectivity index is 1.66. The summed E-state index contributed by atoms with van der Waals surface area (Å²) in [6, 6.07) is 2.03. The number of rotatable bonds is 7. The number of hydrogen-bond acceptors (Lipinski definition) is 5. The summed E-state index contributed by atoms with van der Waals surface area (Å²) >= 11 is 0. The van der Waals surface area contributed by atoms with Crippen molar-refractivity contribution in [1.82, 2.24) is 15.8 Å². The van der Waals surface area contributed by atoms with Gasteiger partial charge in [0.2, 0.25) is 5.91 Å². The molecule has 3 rings (SSSR count). The number of carbonyl (C=O) groups excluding carboxylic acids is 1. The Morgan fingerprint density at radius 2 is 2.24 bits per heavy atom. The molecule has 25 heavy (non-hydrogen) atoms. The van der Waals surface area contributed by atoms with E-state index in [1.807, 2.05) is 6.07 Å². The first-order valence-electron chi connectivity index (χ1n) is 9.61. The van der Waals surface area contributed by atoms with E-state index < -0.39 is 0 Å². The van der Waals surface area contributed by atoms with Crippen LogP contribution >= 0.6 is 0 Å². The molecule has 140 valence electrons. The molecule has 1 amide bonds. The average Bonchev–Trinajstić information content (AvgIpc) is 3.26. The summed E-state index contributed by atoms with van der Waals surface area (Å²) in [6.45, 7) is 8.35. The quantitative estimate of drug-likeness (QED) is 0.790. The molecule has 6 heteroatoms. The van der Waals surface area contributed by atoms with Crippen LogP contribution in [-0.4, -0.2) is 43.9 Å². The number of amides is 1. The molecule has 2 saturated heterocycles. The minimum Gasteiger partial charge on any atom is -0.381 e. The summed E-state index contributed by atoms with van der Waals surface area (Å²) in [4.78, 5) is 12.9. The standard InChI is InChI=1S/C19H31N3O3/c1-14(2)3-7-21-18(23)19(5-8-20-9-6-19)12-16-11-17(22-25-16)15-4-10-24-13-15/h11,14-15,20H,3-10,12-13H2,1-2H3,(H,21,23)/t15-/m0/s1. The molecule has 1 aromatic heterocycles. The van der Waals surface area contributed by atoms with Crippen LogP contribution in [0.15, 0.2) is 10.6 Å². The smallest absolute Gasteiger partial charge is 0.226 e. The van der Waals surface area contributed by atoms with Crippen molar-refractivity contribution in [2.45, 2.75) is 51.9 Å². The molecule has 0 aliphatic carbocycles. The Morgan fingerprint density at radius 1 is 1.44 bits per heavy atom. The Labute approximate surface area is 150 Å². The number of piperidine rings is 1. The van der Waals surface area contributed by atoms with E-state index in [2.05, 4.69) is 29.6 Å². The van der Waals surface area contributed by atoms with E-state index in [1.54, 1.807) is 0 Å². The molecular weight excluding hydrogens is 318 g/mol. The lowest BCUT2D eigenvalue weighted by Gasteiger charge is -2.35. The van der Waals surface area contributed by atoms with Gasteiger partial charge in [-0.25, -0.2) is 0 Å². The van der Waals surface area contributed by atoms with Crippen LogP contribution in [0.3, 0.4) is 0 Å². The fourth-order valence-corrected chi connectivity index (χ4v) is 3.76. The van der Waals surface area contributed by atoms with Crippen LogP contribution in [0.2, 0.25) is 0 Å². The first-order chi connectivity index (χ1) is 12.1. The van der Waals surface area contributed by atoms with Crippen molar-refractivity contribution in [3.63, 3.8) is 0 Å². The van der Waals surface area contributed by atoms with E-state index in [0.717, 1.165) is 70.0 Å². The van der Waals surface area contributed by atoms with Gasteiger partial charge in [0.05, 0.1) is 17.7 Å². The van der Waals surface area contributed by atoms with Crippen LogP contribution < -0.4 is 10.6 Å². The molecule has 0 unspecified atom stereocenters. The predicted molar refractivity (Wildman–Crippen MR) is 95.4 cm³/mol. The largest absolute Gasteiger partial charge is 0.381 e. The minimum absolute atomic E-state index is 0.164. The third-order valence-electron chi connectivity index (χ3n) is 5.49. The highest BCUT2D eigenvalue weighted by Crippen LogP contribution is 2.34. The SMILES string of the molecule is CC(C)CCNC(=O)C1(Cc2cc([C@H]3CCOC3)no2)CCNCC1. The maximum absolute atomic E-state index is 12.9. The fourth-order valence-electron chi connectivity index (χ4n) is 3.76. The second-order valence-corrected chi connectivity index (χ2v) is 7.92. The Kier molecular flexibility index (Phi) is 6.12. The summed E-state index contributed by atoms with van der Waals surface area (Å²) in [6.07, 6.45) is 4.31. The maximum atomic E-state index is 12.9. The molecule has 0 saturated carbocycles. The number of aromatic nitrogens is 1. The van der Waals surface area contributed by atoms with Gasteiger partial charge < -0.3 is 19.9 Å². The molecule has 0 aromatic carbocycles. The van der Waals surface area contributed by atoms with Crippen molar-refractivity contribution in [3.05, 3.63) is 17.5 Å². The summed E-state index contributed by atoms with van der Waals surface area (Å²) in [5, 5.41) is 10.8. The van der Waals surface area contributed by atoms with Gasteiger partial charge >= 0.3 is 0 Å². The van der Waals surface area contributed by atoms with E-state index in [0.29, 0.717) is 18.3 Å². The molecule has 2 N–H and O–H groups in total. The Morgan fingerprint density at radius 3 is 2.92 bits per heavy atom. The first-order valence-corrected chi connectivity index (χ1v) is 9.61. The zero-order chi connectivity index (χ0) is 17.7. The molecule has 1 atom stereocenters. The second kappa shape index (κ2) is 8.32. The first kappa shape index (κ1) is 18.4. The van der Waals surface area contributed by atoms with E-state index in [4.69, 9.17) is 9.26 Å². The van der Waals surface area contributed by atoms with E-state index in [-0.39, 0.29) is 11.3 Å². The normalized spacial score (nSPS) is 23.1. The number of ether oxygens (including phenoxy) is 1. The van der Waals surface area contributed by atoms with Crippen LogP contribution in [-0.2, 0) is 16.0 Å². The number of nitrogens with one attached hydrogen (secondary N) is 2. The van der Waals surface area contributed by atoms with Crippen molar-refractivity contribution in [3.8, 4) is 0 Å². The topological polar surface area (TPSA) is 76.4 Å². The molecule has 6 nitrogen and oxygen atoms in total. The molecule has 0 radical (unpaired) electrons. The van der Waals surface area contributed by atoms with Gasteiger partial charge in [-0.1, -0.05) is 19.0 Å². The molecule has 2 aliphatic heterocycles. The van der Waals surface area contributed by atoms with Gasteiger partial charge in [-0.05, 0) is 44.7 Å². The predicted octanol–water partition coefficient (Wildman–Crippen LogP) is 2.25. The molecular formula is C19H31N3O3. The molecule has 2 aliphatic rings. The van der Waals surface area contributed by atoms with E-state index in [1.165, 1.54) is 0 Å². The monoisotopic (exact) mass is 349 g/mol. The molecule has 3 heterocycles. The lowest BCUT2D eigenvalue weighted by molar-refractivity contribution is -0.132. The van der Waals surface area contributed by atoms with Gasteiger partial charge in [-0.2, -0.15) is 0 Å². The highest BCUT2D eigenvalue weighted by molar-refractivity contribution is 5.83. The van der Waals surface area contributed by atoms with Crippen LogP contribution in [0.4, 0.5) is 0 Å². The van der Waals surface area contributed by atoms with Crippen molar-refractivity contribution in [2.75, 3.05) is 32.8 Å². The van der Waals surface area contributed by atoms with Crippen LogP contribution in [0, 0.1) is 11.3 Å². The minimum atomic E-state index is -0.384. The van der Waals surface area contributed by atoms with Gasteiger partial charge in [0.15, 0.2) is 0 Å². The van der Waals surface area contributed by atoms with Crippen molar-refractivity contribution < 1.29 is 14.1 Å². The highest BCUT2D eigenvalue weighted by Gasteiger charge is 2.40. The van der Waals surface area contributed by atoms with Gasteiger partial charge in [0.1, 0.15) is 5.76 Å². The van der Waals surface area contributed by atoms with Gasteiger partial charge in [0, 0.05) is 31.6 Å². The summed E-state index contributed by atoms with van der Waals surface area (Å²) < 4.78 is 11.0. The van der Waals surface area contributed by atoms with Gasteiger partial charge in [-0.15, -0.1) is 0 Å². The zero-order valence-corrected chi connectivity index (χ0v) is 15.5. The van der Waals surface area contributed by atoms with Gasteiger partial charge in [0.25, 0.3) is 0 Å². The van der Waals surface area contributed by atoms with Crippen molar-refractivity contribution >= 4 is 5.91 Å². The maximum Gasteiger partial charge on any atom is 0.226 e. The molecule has 1 aromatic rings. The lowest BCUT2D eigenvalue weighted by Crippen LogP contribution is -2.49. The Bertz CT molecular complexity index is 558. The van der Waals surface area contributed by atoms with Crippen molar-refractivity contribution in [1.29, 1.82) is 0 Å². The number of hydrogen-bond donors (Lipinski definition) is 2. The van der Waals surface area contributed by atoms with E-state index in [9.17, 15) is 4.79 Å². The number of nitrogens with zero attached hydrogens (tertiary/aromatic N) is 1. The van der Waals surface area contributed by atoms with Crippen LogP contribution in [0.25, 0.3) is 0 Å². The average molecular weight is 349 g/mol. The van der Waals surface area contributed by atoms with E-state index >= 15 is 0 Å². The zero-order valence-electron chi connectivity index (χ0n) is 15.5. The third kappa shape index (κ3) is 4.61. The second-order valence-electron chi connectivity index (χ2n) is 7.92. The summed E-state index contributed by atoms with van der Waals surface area (Å²) in [5.41, 5.74) is 0.586. The lowest BCUT2D eigenvalue weighted by atomic mass is 9.74.